The molecule has 1 heterocycles. The number of amides is 1. The first kappa shape index (κ1) is 14.5. The van der Waals surface area contributed by atoms with E-state index in [1.165, 1.54) is 12.2 Å². The predicted molar refractivity (Wildman–Crippen MR) is 53.2 cm³/mol. The molecule has 0 spiro atoms. The van der Waals surface area contributed by atoms with Crippen molar-refractivity contribution in [2.75, 3.05) is 6.54 Å². The summed E-state index contributed by atoms with van der Waals surface area (Å²) in [6, 6.07) is 0.774. The summed E-state index contributed by atoms with van der Waals surface area (Å²) in [6.07, 6.45) is -4.57. The molecule has 1 rings (SSSR count). The zero-order valence-corrected chi connectivity index (χ0v) is 9.85. The summed E-state index contributed by atoms with van der Waals surface area (Å²) >= 11 is 0. The number of nitrogens with one attached hydrogen (secondary N) is 1. The van der Waals surface area contributed by atoms with Crippen LogP contribution in [0.3, 0.4) is 0 Å². The molecule has 6 nitrogen and oxygen atoms in total. The Kier molecular flexibility index (Phi) is 3.72. The van der Waals surface area contributed by atoms with E-state index >= 15 is 0 Å². The molecular formula is C8H9F3N2O4S. The normalized spacial score (nSPS) is 12.5. The van der Waals surface area contributed by atoms with Crippen LogP contribution in [0.15, 0.2) is 15.4 Å². The van der Waals surface area contributed by atoms with E-state index in [-0.39, 0.29) is 5.76 Å². The van der Waals surface area contributed by atoms with Crippen LogP contribution < -0.4 is 10.5 Å². The molecule has 0 saturated heterocycles. The molecule has 1 aromatic rings. The molecule has 0 atom stereocenters. The van der Waals surface area contributed by atoms with Crippen molar-refractivity contribution in [2.24, 2.45) is 5.14 Å². The fourth-order valence-electron chi connectivity index (χ4n) is 1.13. The van der Waals surface area contributed by atoms with Gasteiger partial charge in [-0.1, -0.05) is 0 Å². The van der Waals surface area contributed by atoms with Gasteiger partial charge in [0.05, 0.1) is 0 Å². The maximum atomic E-state index is 11.8. The number of hydrogen-bond acceptors (Lipinski definition) is 4. The molecule has 3 N–H and O–H groups in total. The number of carbonyl (C=O) groups is 1. The molecule has 0 aromatic carbocycles. The highest BCUT2D eigenvalue weighted by Crippen LogP contribution is 2.19. The van der Waals surface area contributed by atoms with Gasteiger partial charge in [0.1, 0.15) is 17.2 Å². The number of carbonyl (C=O) groups excluding carboxylic acids is 1. The predicted octanol–water partition coefficient (Wildman–Crippen LogP) is 0.528. The first-order valence-corrected chi connectivity index (χ1v) is 6.03. The van der Waals surface area contributed by atoms with Crippen LogP contribution >= 0.6 is 0 Å². The van der Waals surface area contributed by atoms with Crippen molar-refractivity contribution in [1.82, 2.24) is 5.32 Å². The molecule has 0 saturated carbocycles. The molecule has 0 radical (unpaired) electrons. The fourth-order valence-corrected chi connectivity index (χ4v) is 1.84. The van der Waals surface area contributed by atoms with Gasteiger partial charge < -0.3 is 9.73 Å². The Bertz CT molecular complexity index is 561. The number of rotatable bonds is 3. The topological polar surface area (TPSA) is 102 Å². The number of aryl methyl sites for hydroxylation is 1. The van der Waals surface area contributed by atoms with Crippen LogP contribution in [0, 0.1) is 6.92 Å². The average molecular weight is 286 g/mol. The molecule has 0 fully saturated rings. The van der Waals surface area contributed by atoms with Gasteiger partial charge in [-0.2, -0.15) is 13.2 Å². The van der Waals surface area contributed by atoms with Crippen LogP contribution in [0.5, 0.6) is 0 Å². The van der Waals surface area contributed by atoms with Gasteiger partial charge in [-0.15, -0.1) is 0 Å². The van der Waals surface area contributed by atoms with Gasteiger partial charge >= 0.3 is 6.18 Å². The highest BCUT2D eigenvalue weighted by atomic mass is 32.2. The van der Waals surface area contributed by atoms with Crippen molar-refractivity contribution in [3.05, 3.63) is 17.6 Å². The monoisotopic (exact) mass is 286 g/mol. The standard InChI is InChI=1S/C8H9F3N2O4S/c1-4-6(18(12,15)16)2-5(17-4)7(14)13-3-8(9,10)11/h2H,3H2,1H3,(H,13,14)(H2,12,15,16). The van der Waals surface area contributed by atoms with E-state index in [2.05, 4.69) is 0 Å². The van der Waals surface area contributed by atoms with Crippen molar-refractivity contribution in [3.8, 4) is 0 Å². The lowest BCUT2D eigenvalue weighted by Gasteiger charge is -2.06. The van der Waals surface area contributed by atoms with Gasteiger partial charge in [0, 0.05) is 6.07 Å². The van der Waals surface area contributed by atoms with Gasteiger partial charge in [0.25, 0.3) is 5.91 Å². The number of furan rings is 1. The van der Waals surface area contributed by atoms with Gasteiger partial charge in [0.2, 0.25) is 10.0 Å². The average Bonchev–Trinajstić information content (AvgIpc) is 2.55. The van der Waals surface area contributed by atoms with Crippen molar-refractivity contribution in [2.45, 2.75) is 18.0 Å². The third-order valence-electron chi connectivity index (χ3n) is 1.85. The summed E-state index contributed by atoms with van der Waals surface area (Å²) in [5.74, 6) is -1.90. The van der Waals surface area contributed by atoms with E-state index < -0.39 is 39.3 Å². The maximum Gasteiger partial charge on any atom is 0.405 e. The Morgan fingerprint density at radius 2 is 2.06 bits per heavy atom. The second kappa shape index (κ2) is 4.61. The lowest BCUT2D eigenvalue weighted by atomic mass is 10.4. The number of halogens is 3. The van der Waals surface area contributed by atoms with Gasteiger partial charge in [-0.05, 0) is 6.92 Å². The molecule has 0 unspecified atom stereocenters. The summed E-state index contributed by atoms with van der Waals surface area (Å²) in [5.41, 5.74) is 0. The highest BCUT2D eigenvalue weighted by Gasteiger charge is 2.29. The van der Waals surface area contributed by atoms with Crippen LogP contribution in [0.4, 0.5) is 13.2 Å². The molecular weight excluding hydrogens is 277 g/mol. The number of sulfonamides is 1. The molecule has 1 amide bonds. The van der Waals surface area contributed by atoms with E-state index in [0.717, 1.165) is 6.07 Å². The minimum absolute atomic E-state index is 0.172. The second-order valence-corrected chi connectivity index (χ2v) is 4.90. The molecule has 0 aliphatic carbocycles. The molecule has 18 heavy (non-hydrogen) atoms. The maximum absolute atomic E-state index is 11.8. The summed E-state index contributed by atoms with van der Waals surface area (Å²) in [4.78, 5) is 10.8. The number of nitrogens with two attached hydrogens (primary N) is 1. The minimum atomic E-state index is -4.57. The second-order valence-electron chi connectivity index (χ2n) is 3.37. The Balaban J connectivity index is 2.90. The van der Waals surface area contributed by atoms with E-state index in [4.69, 9.17) is 9.56 Å². The Morgan fingerprint density at radius 1 is 1.50 bits per heavy atom. The van der Waals surface area contributed by atoms with Gasteiger partial charge in [0.15, 0.2) is 5.76 Å². The Labute approximate surface area is 100.0 Å². The molecule has 10 heteroatoms. The number of hydrogen-bond donors (Lipinski definition) is 2. The quantitative estimate of drug-likeness (QED) is 0.845. The molecule has 102 valence electrons. The van der Waals surface area contributed by atoms with E-state index in [1.807, 2.05) is 0 Å². The van der Waals surface area contributed by atoms with Crippen LogP contribution in [-0.4, -0.2) is 27.0 Å². The zero-order chi connectivity index (χ0) is 14.1. The number of alkyl halides is 3. The smallest absolute Gasteiger partial charge is 0.405 e. The molecule has 1 aromatic heterocycles. The third-order valence-corrected chi connectivity index (χ3v) is 2.87. The largest absolute Gasteiger partial charge is 0.455 e. The van der Waals surface area contributed by atoms with E-state index in [1.54, 1.807) is 0 Å². The molecule has 0 aliphatic rings. The van der Waals surface area contributed by atoms with E-state index in [0.29, 0.717) is 0 Å². The lowest BCUT2D eigenvalue weighted by Crippen LogP contribution is -2.33. The summed E-state index contributed by atoms with van der Waals surface area (Å²) in [7, 11) is -4.09. The third kappa shape index (κ3) is 3.74. The molecule has 0 bridgehead atoms. The zero-order valence-electron chi connectivity index (χ0n) is 9.04. The van der Waals surface area contributed by atoms with Crippen molar-refractivity contribution >= 4 is 15.9 Å². The first-order valence-electron chi connectivity index (χ1n) is 4.49. The van der Waals surface area contributed by atoms with Crippen molar-refractivity contribution in [3.63, 3.8) is 0 Å². The van der Waals surface area contributed by atoms with Crippen LogP contribution in [0.2, 0.25) is 0 Å². The van der Waals surface area contributed by atoms with Crippen LogP contribution in [0.1, 0.15) is 16.3 Å². The van der Waals surface area contributed by atoms with Crippen LogP contribution in [0.25, 0.3) is 0 Å². The SMILES string of the molecule is Cc1oc(C(=O)NCC(F)(F)F)cc1S(N)(=O)=O. The van der Waals surface area contributed by atoms with Gasteiger partial charge in [-0.25, -0.2) is 13.6 Å². The van der Waals surface area contributed by atoms with E-state index in [9.17, 15) is 26.4 Å². The first-order chi connectivity index (χ1) is 8.00. The summed E-state index contributed by atoms with van der Waals surface area (Å²) in [6.45, 7) is -0.323. The van der Waals surface area contributed by atoms with Crippen molar-refractivity contribution in [1.29, 1.82) is 0 Å². The minimum Gasteiger partial charge on any atom is -0.455 e. The Morgan fingerprint density at radius 3 is 2.44 bits per heavy atom. The van der Waals surface area contributed by atoms with Crippen molar-refractivity contribution < 1.29 is 30.8 Å². The fraction of sp³-hybridized carbons (Fsp3) is 0.375. The Hall–Kier alpha value is -1.55. The lowest BCUT2D eigenvalue weighted by molar-refractivity contribution is -0.123. The molecule has 0 aliphatic heterocycles. The number of primary sulfonamides is 1. The summed E-state index contributed by atoms with van der Waals surface area (Å²) in [5, 5.41) is 6.35. The van der Waals surface area contributed by atoms with Gasteiger partial charge in [-0.3, -0.25) is 4.79 Å². The van der Waals surface area contributed by atoms with Crippen LogP contribution in [-0.2, 0) is 10.0 Å². The summed E-state index contributed by atoms with van der Waals surface area (Å²) < 4.78 is 62.3. The highest BCUT2D eigenvalue weighted by molar-refractivity contribution is 7.89.